The van der Waals surface area contributed by atoms with E-state index >= 15 is 0 Å². The van der Waals surface area contributed by atoms with E-state index in [0.717, 1.165) is 32.9 Å². The van der Waals surface area contributed by atoms with E-state index in [9.17, 15) is 5.26 Å². The summed E-state index contributed by atoms with van der Waals surface area (Å²) < 4.78 is 3.00. The van der Waals surface area contributed by atoms with Gasteiger partial charge >= 0.3 is 0 Å². The Bertz CT molecular complexity index is 1220. The van der Waals surface area contributed by atoms with E-state index in [-0.39, 0.29) is 0 Å². The maximum absolute atomic E-state index is 10.0. The molecule has 0 saturated heterocycles. The molecule has 5 nitrogen and oxygen atoms in total. The SMILES string of the molecule is Cc1nn(-c2ccccc2)c(C2=NN(c3ccc(Br)cc3)[C@@H]3[C@@H]4CC[C@H](C4)[C@H]23)c1C#N. The molecule has 0 unspecified atom stereocenters. The lowest BCUT2D eigenvalue weighted by Gasteiger charge is -2.31. The minimum absolute atomic E-state index is 0.341. The number of para-hydroxylation sites is 1. The summed E-state index contributed by atoms with van der Waals surface area (Å²) in [7, 11) is 0. The van der Waals surface area contributed by atoms with E-state index in [2.05, 4.69) is 51.3 Å². The Balaban J connectivity index is 1.55. The van der Waals surface area contributed by atoms with Gasteiger partial charge in [0.1, 0.15) is 17.3 Å². The second kappa shape index (κ2) is 7.06. The maximum atomic E-state index is 10.0. The zero-order valence-corrected chi connectivity index (χ0v) is 18.8. The number of halogens is 1. The monoisotopic (exact) mass is 471 g/mol. The summed E-state index contributed by atoms with van der Waals surface area (Å²) in [5.74, 6) is 1.62. The molecular formula is C25H22BrN5. The summed E-state index contributed by atoms with van der Waals surface area (Å²) in [6.45, 7) is 1.92. The van der Waals surface area contributed by atoms with Gasteiger partial charge in [-0.1, -0.05) is 34.1 Å². The van der Waals surface area contributed by atoms with Gasteiger partial charge in [0.25, 0.3) is 0 Å². The van der Waals surface area contributed by atoms with Gasteiger partial charge in [0, 0.05) is 10.4 Å². The first-order valence-electron chi connectivity index (χ1n) is 10.8. The molecule has 0 amide bonds. The molecule has 6 rings (SSSR count). The third-order valence-corrected chi connectivity index (χ3v) is 7.72. The molecule has 0 spiro atoms. The van der Waals surface area contributed by atoms with Crippen LogP contribution in [0.1, 0.15) is 36.2 Å². The number of hydrazone groups is 1. The molecule has 2 aliphatic carbocycles. The highest BCUT2D eigenvalue weighted by molar-refractivity contribution is 9.10. The molecule has 4 atom stereocenters. The van der Waals surface area contributed by atoms with Gasteiger partial charge in [0.05, 0.1) is 28.8 Å². The van der Waals surface area contributed by atoms with Crippen molar-refractivity contribution in [3.63, 3.8) is 0 Å². The standard InChI is InChI=1S/C25H22BrN5/c1-15-21(14-27)25(31(28-15)19-5-3-2-4-6-19)23-22-16-7-8-17(13-16)24(22)30(29-23)20-11-9-18(26)10-12-20/h2-6,9-12,16-17,22,24H,7-8,13H2,1H3/t16-,17-,22-,24-/m1/s1. The molecule has 31 heavy (non-hydrogen) atoms. The van der Waals surface area contributed by atoms with E-state index in [1.807, 2.05) is 41.9 Å². The first-order valence-corrected chi connectivity index (χ1v) is 11.6. The third-order valence-electron chi connectivity index (χ3n) is 7.19. The van der Waals surface area contributed by atoms with Crippen LogP contribution in [0.25, 0.3) is 5.69 Å². The summed E-state index contributed by atoms with van der Waals surface area (Å²) in [5, 5.41) is 22.2. The van der Waals surface area contributed by atoms with Crippen molar-refractivity contribution >= 4 is 27.3 Å². The Morgan fingerprint density at radius 1 is 1.00 bits per heavy atom. The van der Waals surface area contributed by atoms with Gasteiger partial charge in [-0.2, -0.15) is 15.5 Å². The largest absolute Gasteiger partial charge is 0.261 e. The molecule has 6 heteroatoms. The maximum Gasteiger partial charge on any atom is 0.109 e. The number of nitriles is 1. The minimum atomic E-state index is 0.341. The number of anilines is 1. The average molecular weight is 472 g/mol. The van der Waals surface area contributed by atoms with Gasteiger partial charge in [-0.25, -0.2) is 4.68 Å². The van der Waals surface area contributed by atoms with Crippen molar-refractivity contribution in [1.29, 1.82) is 5.26 Å². The number of nitrogens with zero attached hydrogens (tertiary/aromatic N) is 5. The van der Waals surface area contributed by atoms with E-state index in [1.54, 1.807) is 0 Å². The number of fused-ring (bicyclic) bond motifs is 5. The van der Waals surface area contributed by atoms with Crippen LogP contribution in [0.2, 0.25) is 0 Å². The van der Waals surface area contributed by atoms with Gasteiger partial charge < -0.3 is 0 Å². The smallest absolute Gasteiger partial charge is 0.109 e. The average Bonchev–Trinajstić information content (AvgIpc) is 3.55. The van der Waals surface area contributed by atoms with Crippen LogP contribution in [0.4, 0.5) is 5.69 Å². The lowest BCUT2D eigenvalue weighted by molar-refractivity contribution is 0.363. The van der Waals surface area contributed by atoms with E-state index < -0.39 is 0 Å². The van der Waals surface area contributed by atoms with Crippen molar-refractivity contribution in [3.05, 3.63) is 76.0 Å². The molecule has 0 N–H and O–H groups in total. The van der Waals surface area contributed by atoms with E-state index in [1.165, 1.54) is 19.3 Å². The van der Waals surface area contributed by atoms with Crippen LogP contribution in [0.15, 0.2) is 64.2 Å². The lowest BCUT2D eigenvalue weighted by atomic mass is 9.80. The molecule has 0 radical (unpaired) electrons. The van der Waals surface area contributed by atoms with E-state index in [0.29, 0.717) is 29.4 Å². The fourth-order valence-electron chi connectivity index (χ4n) is 5.93. The number of hydrogen-bond donors (Lipinski definition) is 0. The highest BCUT2D eigenvalue weighted by Gasteiger charge is 2.56. The molecule has 2 aromatic carbocycles. The molecule has 3 aliphatic rings. The van der Waals surface area contributed by atoms with Crippen LogP contribution in [0, 0.1) is 36.0 Å². The molecule has 3 aromatic rings. The Morgan fingerprint density at radius 3 is 2.48 bits per heavy atom. The minimum Gasteiger partial charge on any atom is -0.261 e. The molecule has 2 bridgehead atoms. The van der Waals surface area contributed by atoms with Crippen LogP contribution in [-0.4, -0.2) is 21.5 Å². The van der Waals surface area contributed by atoms with Gasteiger partial charge in [-0.3, -0.25) is 5.01 Å². The van der Waals surface area contributed by atoms with Crippen molar-refractivity contribution in [2.45, 2.75) is 32.2 Å². The summed E-state index contributed by atoms with van der Waals surface area (Å²) in [5.41, 5.74) is 5.37. The molecule has 1 aliphatic heterocycles. The Labute approximate surface area is 190 Å². The number of rotatable bonds is 3. The van der Waals surface area contributed by atoms with Gasteiger partial charge in [0.2, 0.25) is 0 Å². The normalized spacial score (nSPS) is 26.1. The number of aromatic nitrogens is 2. The van der Waals surface area contributed by atoms with Crippen molar-refractivity contribution in [1.82, 2.24) is 9.78 Å². The Kier molecular flexibility index (Phi) is 4.29. The Hall–Kier alpha value is -2.91. The van der Waals surface area contributed by atoms with E-state index in [4.69, 9.17) is 10.2 Å². The predicted octanol–water partition coefficient (Wildman–Crippen LogP) is 5.45. The second-order valence-corrected chi connectivity index (χ2v) is 9.74. The molecular weight excluding hydrogens is 450 g/mol. The molecule has 2 saturated carbocycles. The van der Waals surface area contributed by atoms with Crippen LogP contribution in [-0.2, 0) is 0 Å². The van der Waals surface area contributed by atoms with Crippen molar-refractivity contribution in [2.75, 3.05) is 5.01 Å². The highest BCUT2D eigenvalue weighted by atomic mass is 79.9. The lowest BCUT2D eigenvalue weighted by Crippen LogP contribution is -2.38. The Morgan fingerprint density at radius 2 is 1.74 bits per heavy atom. The van der Waals surface area contributed by atoms with Crippen LogP contribution >= 0.6 is 15.9 Å². The number of benzene rings is 2. The van der Waals surface area contributed by atoms with Crippen LogP contribution in [0.3, 0.4) is 0 Å². The summed E-state index contributed by atoms with van der Waals surface area (Å²) in [4.78, 5) is 0. The fourth-order valence-corrected chi connectivity index (χ4v) is 6.19. The number of aryl methyl sites for hydroxylation is 1. The van der Waals surface area contributed by atoms with Gasteiger partial charge in [0.15, 0.2) is 0 Å². The molecule has 154 valence electrons. The summed E-state index contributed by atoms with van der Waals surface area (Å²) >= 11 is 3.55. The predicted molar refractivity (Wildman–Crippen MR) is 124 cm³/mol. The quantitative estimate of drug-likeness (QED) is 0.509. The van der Waals surface area contributed by atoms with Crippen molar-refractivity contribution in [2.24, 2.45) is 22.9 Å². The first-order chi connectivity index (χ1) is 15.2. The topological polar surface area (TPSA) is 57.2 Å². The van der Waals surface area contributed by atoms with Crippen molar-refractivity contribution in [3.8, 4) is 11.8 Å². The summed E-state index contributed by atoms with van der Waals surface area (Å²) in [6, 6.07) is 21.3. The van der Waals surface area contributed by atoms with Crippen LogP contribution in [0.5, 0.6) is 0 Å². The highest BCUT2D eigenvalue weighted by Crippen LogP contribution is 2.55. The van der Waals surface area contributed by atoms with Gasteiger partial charge in [-0.15, -0.1) is 0 Å². The zero-order chi connectivity index (χ0) is 21.1. The number of hydrogen-bond acceptors (Lipinski definition) is 4. The molecule has 2 heterocycles. The van der Waals surface area contributed by atoms with Gasteiger partial charge in [-0.05, 0) is 74.4 Å². The van der Waals surface area contributed by atoms with Crippen LogP contribution < -0.4 is 5.01 Å². The molecule has 1 aromatic heterocycles. The van der Waals surface area contributed by atoms with Crippen molar-refractivity contribution < 1.29 is 0 Å². The second-order valence-electron chi connectivity index (χ2n) is 8.82. The fraction of sp³-hybridized carbons (Fsp3) is 0.320. The first kappa shape index (κ1) is 18.8. The zero-order valence-electron chi connectivity index (χ0n) is 17.2. The molecule has 2 fully saturated rings. The third kappa shape index (κ3) is 2.80. The summed E-state index contributed by atoms with van der Waals surface area (Å²) in [6.07, 6.45) is 3.77.